The van der Waals surface area contributed by atoms with Gasteiger partial charge in [-0.05, 0) is 27.7 Å². The monoisotopic (exact) mass is 274 g/mol. The van der Waals surface area contributed by atoms with Gasteiger partial charge in [0.1, 0.15) is 0 Å². The van der Waals surface area contributed by atoms with E-state index in [1.165, 1.54) is 0 Å². The summed E-state index contributed by atoms with van der Waals surface area (Å²) >= 11 is 0. The third kappa shape index (κ3) is 2800. The van der Waals surface area contributed by atoms with Crippen molar-refractivity contribution < 1.29 is 46.6 Å². The zero-order valence-electron chi connectivity index (χ0n) is 9.44. The Kier molecular flexibility index (Phi) is 86.9. The van der Waals surface area contributed by atoms with E-state index in [-0.39, 0.29) is 38.4 Å². The molecule has 0 amide bonds. The van der Waals surface area contributed by atoms with E-state index in [2.05, 4.69) is 0 Å². The molecule has 0 fully saturated rings. The molecular weight excluding hydrogens is 251 g/mol. The SMILES string of the molecule is CC(C)O.CC(C)O.CO.CO.[Zr]. The van der Waals surface area contributed by atoms with Crippen LogP contribution in [0, 0.1) is 0 Å². The van der Waals surface area contributed by atoms with Crippen molar-refractivity contribution in [1.82, 2.24) is 0 Å². The molecule has 5 heteroatoms. The Morgan fingerprint density at radius 3 is 0.615 bits per heavy atom. The fraction of sp³-hybridized carbons (Fsp3) is 1.00. The van der Waals surface area contributed by atoms with Crippen LogP contribution in [0.5, 0.6) is 0 Å². The minimum Gasteiger partial charge on any atom is -0.400 e. The number of rotatable bonds is 0. The van der Waals surface area contributed by atoms with Crippen molar-refractivity contribution in [3.63, 3.8) is 0 Å². The van der Waals surface area contributed by atoms with Gasteiger partial charge in [0.05, 0.1) is 0 Å². The Hall–Kier alpha value is 0.723. The summed E-state index contributed by atoms with van der Waals surface area (Å²) in [4.78, 5) is 0. The average molecular weight is 276 g/mol. The Labute approximate surface area is 101 Å². The predicted molar refractivity (Wildman–Crippen MR) is 51.0 cm³/mol. The van der Waals surface area contributed by atoms with Crippen molar-refractivity contribution in [2.45, 2.75) is 39.9 Å². The molecule has 0 atom stereocenters. The molecular formula is C8H24O4Zr. The van der Waals surface area contributed by atoms with E-state index < -0.39 is 0 Å². The molecule has 4 nitrogen and oxygen atoms in total. The first-order chi connectivity index (χ1) is 5.46. The smallest absolute Gasteiger partial charge is 0.0483 e. The van der Waals surface area contributed by atoms with Crippen LogP contribution in [0.4, 0.5) is 0 Å². The quantitative estimate of drug-likeness (QED) is 0.501. The second kappa shape index (κ2) is 38.7. The van der Waals surface area contributed by atoms with E-state index in [4.69, 9.17) is 20.4 Å². The van der Waals surface area contributed by atoms with E-state index >= 15 is 0 Å². The van der Waals surface area contributed by atoms with Crippen molar-refractivity contribution in [3.8, 4) is 0 Å². The third-order valence-corrected chi connectivity index (χ3v) is 0. The fourth-order valence-corrected chi connectivity index (χ4v) is 0. The van der Waals surface area contributed by atoms with Gasteiger partial charge in [0.15, 0.2) is 0 Å². The standard InChI is InChI=1S/2C3H8O.2CH4O.Zr/c2*1-3(2)4;2*1-2;/h2*3-4H,1-2H3;2*2H,1H3;. The van der Waals surface area contributed by atoms with E-state index in [0.717, 1.165) is 14.2 Å². The van der Waals surface area contributed by atoms with Crippen molar-refractivity contribution >= 4 is 0 Å². The first-order valence-corrected chi connectivity index (χ1v) is 3.72. The van der Waals surface area contributed by atoms with Gasteiger partial charge < -0.3 is 20.4 Å². The molecule has 0 unspecified atom stereocenters. The van der Waals surface area contributed by atoms with Crippen molar-refractivity contribution in [2.75, 3.05) is 14.2 Å². The summed E-state index contributed by atoms with van der Waals surface area (Å²) in [5.74, 6) is 0. The van der Waals surface area contributed by atoms with Crippen LogP contribution in [0.3, 0.4) is 0 Å². The number of hydrogen-bond donors (Lipinski definition) is 4. The summed E-state index contributed by atoms with van der Waals surface area (Å²) in [7, 11) is 2.00. The molecule has 0 aliphatic carbocycles. The molecule has 0 radical (unpaired) electrons. The zero-order chi connectivity index (χ0) is 11.2. The topological polar surface area (TPSA) is 80.9 Å². The van der Waals surface area contributed by atoms with E-state index in [9.17, 15) is 0 Å². The van der Waals surface area contributed by atoms with Crippen LogP contribution in [-0.4, -0.2) is 46.9 Å². The molecule has 0 spiro atoms. The Balaban J connectivity index is -0.0000000226. The van der Waals surface area contributed by atoms with Crippen LogP contribution in [-0.2, 0) is 26.2 Å². The molecule has 84 valence electrons. The first kappa shape index (κ1) is 29.2. The van der Waals surface area contributed by atoms with Crippen molar-refractivity contribution in [1.29, 1.82) is 0 Å². The largest absolute Gasteiger partial charge is 0.400 e. The number of hydrogen-bond acceptors (Lipinski definition) is 4. The summed E-state index contributed by atoms with van der Waals surface area (Å²) in [6, 6.07) is 0. The predicted octanol–water partition coefficient (Wildman–Crippen LogP) is -0.0113. The summed E-state index contributed by atoms with van der Waals surface area (Å²) in [6.07, 6.45) is -0.333. The van der Waals surface area contributed by atoms with Crippen molar-refractivity contribution in [3.05, 3.63) is 0 Å². The van der Waals surface area contributed by atoms with Crippen LogP contribution in [0.2, 0.25) is 0 Å². The Bertz CT molecular complexity index is 31.6. The zero-order valence-corrected chi connectivity index (χ0v) is 11.9. The molecule has 0 aromatic rings. The van der Waals surface area contributed by atoms with Crippen LogP contribution >= 0.6 is 0 Å². The molecule has 13 heavy (non-hydrogen) atoms. The van der Waals surface area contributed by atoms with Crippen LogP contribution in [0.25, 0.3) is 0 Å². The van der Waals surface area contributed by atoms with Gasteiger partial charge in [-0.25, -0.2) is 0 Å². The summed E-state index contributed by atoms with van der Waals surface area (Å²) in [6.45, 7) is 6.89. The second-order valence-corrected chi connectivity index (χ2v) is 2.19. The van der Waals surface area contributed by atoms with Crippen molar-refractivity contribution in [2.24, 2.45) is 0 Å². The van der Waals surface area contributed by atoms with E-state index in [0.29, 0.717) is 0 Å². The Morgan fingerprint density at radius 2 is 0.615 bits per heavy atom. The molecule has 0 aromatic carbocycles. The molecule has 0 bridgehead atoms. The minimum absolute atomic E-state index is 0. The summed E-state index contributed by atoms with van der Waals surface area (Å²) in [5, 5.41) is 30.1. The van der Waals surface area contributed by atoms with Gasteiger partial charge in [-0.1, -0.05) is 0 Å². The first-order valence-electron chi connectivity index (χ1n) is 3.72. The maximum atomic E-state index is 8.06. The van der Waals surface area contributed by atoms with E-state index in [1.807, 2.05) is 0 Å². The molecule has 0 aromatic heterocycles. The normalized spacial score (nSPS) is 6.46. The third-order valence-electron chi connectivity index (χ3n) is 0. The number of aliphatic hydroxyl groups excluding tert-OH is 4. The molecule has 0 aliphatic rings. The summed E-state index contributed by atoms with van der Waals surface area (Å²) < 4.78 is 0. The summed E-state index contributed by atoms with van der Waals surface area (Å²) in [5.41, 5.74) is 0. The second-order valence-electron chi connectivity index (χ2n) is 2.19. The minimum atomic E-state index is -0.167. The van der Waals surface area contributed by atoms with Crippen LogP contribution in [0.15, 0.2) is 0 Å². The van der Waals surface area contributed by atoms with Gasteiger partial charge in [-0.2, -0.15) is 0 Å². The van der Waals surface area contributed by atoms with Gasteiger partial charge in [0.25, 0.3) is 0 Å². The average Bonchev–Trinajstić information content (AvgIpc) is 1.93. The molecule has 0 rings (SSSR count). The number of aliphatic hydroxyl groups is 4. The van der Waals surface area contributed by atoms with Gasteiger partial charge in [0.2, 0.25) is 0 Å². The maximum Gasteiger partial charge on any atom is 0.0483 e. The van der Waals surface area contributed by atoms with Gasteiger partial charge in [-0.3, -0.25) is 0 Å². The maximum absolute atomic E-state index is 8.06. The van der Waals surface area contributed by atoms with Gasteiger partial charge in [-0.15, -0.1) is 0 Å². The van der Waals surface area contributed by atoms with Gasteiger partial charge in [0, 0.05) is 52.6 Å². The molecule has 4 N–H and O–H groups in total. The molecule has 0 aliphatic heterocycles. The molecule has 0 saturated heterocycles. The Morgan fingerprint density at radius 1 is 0.615 bits per heavy atom. The van der Waals surface area contributed by atoms with Crippen LogP contribution < -0.4 is 0 Å². The van der Waals surface area contributed by atoms with Crippen LogP contribution in [0.1, 0.15) is 27.7 Å². The fourth-order valence-electron chi connectivity index (χ4n) is 0. The molecule has 0 heterocycles. The molecule has 0 saturated carbocycles. The van der Waals surface area contributed by atoms with E-state index in [1.54, 1.807) is 27.7 Å². The van der Waals surface area contributed by atoms with Gasteiger partial charge >= 0.3 is 0 Å².